The standard InChI is InChI=1S/C13H22N4/c1-12(11-17-8-6-14-7-9-17)10-16-13-4-2-3-5-15-13/h2-5,12,14H,6-11H2,1H3,(H,15,16). The fraction of sp³-hybridized carbons (Fsp3) is 0.615. The van der Waals surface area contributed by atoms with Gasteiger partial charge in [-0.1, -0.05) is 13.0 Å². The van der Waals surface area contributed by atoms with Crippen LogP contribution in [0.15, 0.2) is 24.4 Å². The Labute approximate surface area is 103 Å². The number of pyridine rings is 1. The summed E-state index contributed by atoms with van der Waals surface area (Å²) >= 11 is 0. The van der Waals surface area contributed by atoms with Crippen molar-refractivity contribution in [3.8, 4) is 0 Å². The Hall–Kier alpha value is -1.13. The number of hydrogen-bond acceptors (Lipinski definition) is 4. The van der Waals surface area contributed by atoms with Crippen LogP contribution in [0.4, 0.5) is 5.82 Å². The zero-order chi connectivity index (χ0) is 11.9. The Morgan fingerprint density at radius 1 is 1.41 bits per heavy atom. The summed E-state index contributed by atoms with van der Waals surface area (Å²) in [5.74, 6) is 1.62. The first-order valence-corrected chi connectivity index (χ1v) is 6.42. The van der Waals surface area contributed by atoms with Gasteiger partial charge in [-0.2, -0.15) is 0 Å². The van der Waals surface area contributed by atoms with E-state index in [1.54, 1.807) is 0 Å². The van der Waals surface area contributed by atoms with Gasteiger partial charge >= 0.3 is 0 Å². The van der Waals surface area contributed by atoms with Crippen LogP contribution >= 0.6 is 0 Å². The van der Waals surface area contributed by atoms with Crippen molar-refractivity contribution in [2.75, 3.05) is 44.6 Å². The first-order chi connectivity index (χ1) is 8.34. The molecule has 0 spiro atoms. The molecular formula is C13H22N4. The fourth-order valence-corrected chi connectivity index (χ4v) is 2.15. The van der Waals surface area contributed by atoms with Crippen LogP contribution in [-0.2, 0) is 0 Å². The molecule has 1 atom stereocenters. The predicted molar refractivity (Wildman–Crippen MR) is 71.2 cm³/mol. The summed E-state index contributed by atoms with van der Waals surface area (Å²) in [6, 6.07) is 5.96. The summed E-state index contributed by atoms with van der Waals surface area (Å²) in [5, 5.41) is 6.76. The normalized spacial score (nSPS) is 18.9. The molecule has 4 heteroatoms. The molecule has 1 saturated heterocycles. The van der Waals surface area contributed by atoms with Gasteiger partial charge in [-0.15, -0.1) is 0 Å². The topological polar surface area (TPSA) is 40.2 Å². The maximum Gasteiger partial charge on any atom is 0.125 e. The van der Waals surface area contributed by atoms with Gasteiger partial charge in [0.15, 0.2) is 0 Å². The van der Waals surface area contributed by atoms with E-state index in [0.29, 0.717) is 5.92 Å². The average molecular weight is 234 g/mol. The number of piperazine rings is 1. The first kappa shape index (κ1) is 12.3. The lowest BCUT2D eigenvalue weighted by Crippen LogP contribution is -2.45. The molecule has 1 unspecified atom stereocenters. The lowest BCUT2D eigenvalue weighted by atomic mass is 10.1. The van der Waals surface area contributed by atoms with Gasteiger partial charge in [0.05, 0.1) is 0 Å². The molecule has 2 N–H and O–H groups in total. The molecule has 0 amide bonds. The van der Waals surface area contributed by atoms with Crippen molar-refractivity contribution in [3.05, 3.63) is 24.4 Å². The Balaban J connectivity index is 1.68. The maximum atomic E-state index is 4.26. The van der Waals surface area contributed by atoms with Crippen LogP contribution in [0.25, 0.3) is 0 Å². The highest BCUT2D eigenvalue weighted by Crippen LogP contribution is 2.05. The summed E-state index contributed by atoms with van der Waals surface area (Å²) in [6.07, 6.45) is 1.82. The molecule has 94 valence electrons. The van der Waals surface area contributed by atoms with Gasteiger partial charge in [0.25, 0.3) is 0 Å². The number of nitrogens with zero attached hydrogens (tertiary/aromatic N) is 2. The van der Waals surface area contributed by atoms with E-state index < -0.39 is 0 Å². The van der Waals surface area contributed by atoms with Crippen LogP contribution in [0.3, 0.4) is 0 Å². The molecule has 1 aliphatic heterocycles. The van der Waals surface area contributed by atoms with Gasteiger partial charge < -0.3 is 15.5 Å². The van der Waals surface area contributed by atoms with Crippen molar-refractivity contribution in [2.24, 2.45) is 5.92 Å². The average Bonchev–Trinajstić information content (AvgIpc) is 2.39. The Morgan fingerprint density at radius 3 is 2.94 bits per heavy atom. The number of aromatic nitrogens is 1. The van der Waals surface area contributed by atoms with Crippen LogP contribution < -0.4 is 10.6 Å². The highest BCUT2D eigenvalue weighted by Gasteiger charge is 2.12. The van der Waals surface area contributed by atoms with E-state index in [4.69, 9.17) is 0 Å². The number of anilines is 1. The minimum absolute atomic E-state index is 0.648. The molecule has 1 fully saturated rings. The van der Waals surface area contributed by atoms with E-state index in [9.17, 15) is 0 Å². The van der Waals surface area contributed by atoms with Gasteiger partial charge in [0.2, 0.25) is 0 Å². The van der Waals surface area contributed by atoms with Crippen LogP contribution in [-0.4, -0.2) is 49.2 Å². The second kappa shape index (κ2) is 6.57. The second-order valence-electron chi connectivity index (χ2n) is 4.75. The molecule has 0 radical (unpaired) electrons. The van der Waals surface area contributed by atoms with Crippen LogP contribution in [0.2, 0.25) is 0 Å². The van der Waals surface area contributed by atoms with Crippen molar-refractivity contribution in [3.63, 3.8) is 0 Å². The van der Waals surface area contributed by atoms with Crippen molar-refractivity contribution in [2.45, 2.75) is 6.92 Å². The van der Waals surface area contributed by atoms with Crippen molar-refractivity contribution < 1.29 is 0 Å². The minimum Gasteiger partial charge on any atom is -0.370 e. The third-order valence-corrected chi connectivity index (χ3v) is 3.08. The fourth-order valence-electron chi connectivity index (χ4n) is 2.15. The second-order valence-corrected chi connectivity index (χ2v) is 4.75. The number of rotatable bonds is 5. The van der Waals surface area contributed by atoms with E-state index in [-0.39, 0.29) is 0 Å². The first-order valence-electron chi connectivity index (χ1n) is 6.42. The molecule has 1 aliphatic rings. The Morgan fingerprint density at radius 2 is 2.24 bits per heavy atom. The zero-order valence-electron chi connectivity index (χ0n) is 10.5. The van der Waals surface area contributed by atoms with E-state index >= 15 is 0 Å². The highest BCUT2D eigenvalue weighted by molar-refractivity contribution is 5.32. The molecular weight excluding hydrogens is 212 g/mol. The SMILES string of the molecule is CC(CNc1ccccn1)CN1CCNCC1. The third-order valence-electron chi connectivity index (χ3n) is 3.08. The Bertz CT molecular complexity index is 308. The highest BCUT2D eigenvalue weighted by atomic mass is 15.2. The molecule has 1 aromatic rings. The predicted octanol–water partition coefficient (Wildman–Crippen LogP) is 1.03. The smallest absolute Gasteiger partial charge is 0.125 e. The molecule has 2 rings (SSSR count). The van der Waals surface area contributed by atoms with E-state index in [0.717, 1.165) is 25.5 Å². The molecule has 0 aliphatic carbocycles. The molecule has 4 nitrogen and oxygen atoms in total. The van der Waals surface area contributed by atoms with Crippen molar-refractivity contribution in [1.29, 1.82) is 0 Å². The van der Waals surface area contributed by atoms with Gasteiger partial charge in [0, 0.05) is 45.5 Å². The molecule has 0 aromatic carbocycles. The van der Waals surface area contributed by atoms with E-state index in [2.05, 4.69) is 27.4 Å². The quantitative estimate of drug-likeness (QED) is 0.798. The van der Waals surface area contributed by atoms with Crippen LogP contribution in [0.1, 0.15) is 6.92 Å². The summed E-state index contributed by atoms with van der Waals surface area (Å²) in [7, 11) is 0. The number of hydrogen-bond donors (Lipinski definition) is 2. The summed E-state index contributed by atoms with van der Waals surface area (Å²) < 4.78 is 0. The van der Waals surface area contributed by atoms with E-state index in [1.807, 2.05) is 24.4 Å². The van der Waals surface area contributed by atoms with Crippen molar-refractivity contribution >= 4 is 5.82 Å². The maximum absolute atomic E-state index is 4.26. The summed E-state index contributed by atoms with van der Waals surface area (Å²) in [6.45, 7) is 9.04. The number of nitrogens with one attached hydrogen (secondary N) is 2. The monoisotopic (exact) mass is 234 g/mol. The zero-order valence-corrected chi connectivity index (χ0v) is 10.5. The van der Waals surface area contributed by atoms with Crippen LogP contribution in [0.5, 0.6) is 0 Å². The third kappa shape index (κ3) is 4.32. The molecule has 0 bridgehead atoms. The summed E-state index contributed by atoms with van der Waals surface area (Å²) in [4.78, 5) is 6.79. The minimum atomic E-state index is 0.648. The largest absolute Gasteiger partial charge is 0.370 e. The van der Waals surface area contributed by atoms with Gasteiger partial charge in [0.1, 0.15) is 5.82 Å². The van der Waals surface area contributed by atoms with Gasteiger partial charge in [-0.3, -0.25) is 0 Å². The van der Waals surface area contributed by atoms with Crippen LogP contribution in [0, 0.1) is 5.92 Å². The molecule has 1 aromatic heterocycles. The summed E-state index contributed by atoms with van der Waals surface area (Å²) in [5.41, 5.74) is 0. The molecule has 17 heavy (non-hydrogen) atoms. The molecule has 0 saturated carbocycles. The van der Waals surface area contributed by atoms with Gasteiger partial charge in [-0.25, -0.2) is 4.98 Å². The Kier molecular flexibility index (Phi) is 4.76. The van der Waals surface area contributed by atoms with E-state index in [1.165, 1.54) is 19.6 Å². The van der Waals surface area contributed by atoms with Crippen molar-refractivity contribution in [1.82, 2.24) is 15.2 Å². The lowest BCUT2D eigenvalue weighted by Gasteiger charge is -2.29. The molecule has 2 heterocycles. The lowest BCUT2D eigenvalue weighted by molar-refractivity contribution is 0.215. The van der Waals surface area contributed by atoms with Gasteiger partial charge in [-0.05, 0) is 18.1 Å².